The fraction of sp³-hybridized carbons (Fsp3) is 0.143. The molecule has 3 nitrogen and oxygen atoms in total. The van der Waals surface area contributed by atoms with Gasteiger partial charge >= 0.3 is 5.97 Å². The van der Waals surface area contributed by atoms with Crippen molar-refractivity contribution in [2.75, 3.05) is 0 Å². The van der Waals surface area contributed by atoms with Crippen molar-refractivity contribution in [3.05, 3.63) is 53.2 Å². The van der Waals surface area contributed by atoms with Crippen LogP contribution in [0.5, 0.6) is 0 Å². The van der Waals surface area contributed by atoms with Crippen LogP contribution in [0.1, 0.15) is 21.5 Å². The van der Waals surface area contributed by atoms with Crippen molar-refractivity contribution in [1.29, 1.82) is 0 Å². The highest BCUT2D eigenvalue weighted by molar-refractivity contribution is 5.87. The molecule has 0 fully saturated rings. The molecule has 0 aliphatic carbocycles. The van der Waals surface area contributed by atoms with Crippen LogP contribution in [0.3, 0.4) is 0 Å². The van der Waals surface area contributed by atoms with Gasteiger partial charge in [-0.3, -0.25) is 4.98 Å². The average molecular weight is 227 g/mol. The molecule has 0 aliphatic heterocycles. The van der Waals surface area contributed by atoms with Gasteiger partial charge in [0.1, 0.15) is 0 Å². The molecule has 0 bridgehead atoms. The predicted molar refractivity (Wildman–Crippen MR) is 66.1 cm³/mol. The van der Waals surface area contributed by atoms with Gasteiger partial charge in [0.05, 0.1) is 11.3 Å². The van der Waals surface area contributed by atoms with E-state index < -0.39 is 5.97 Å². The first-order valence-electron chi connectivity index (χ1n) is 5.35. The quantitative estimate of drug-likeness (QED) is 0.857. The standard InChI is InChI=1S/C14H13NO2/c1-9-3-4-10(2)12(7-9)13-6-5-11(8-15-13)14(16)17/h3-8H,1-2H3,(H,16,17). The molecule has 0 saturated heterocycles. The summed E-state index contributed by atoms with van der Waals surface area (Å²) in [6.45, 7) is 4.04. The first kappa shape index (κ1) is 11.3. The maximum atomic E-state index is 10.7. The number of rotatable bonds is 2. The Kier molecular flexibility index (Phi) is 2.91. The van der Waals surface area contributed by atoms with E-state index in [1.165, 1.54) is 6.20 Å². The van der Waals surface area contributed by atoms with E-state index in [9.17, 15) is 4.79 Å². The maximum absolute atomic E-state index is 10.7. The van der Waals surface area contributed by atoms with Gasteiger partial charge in [0.15, 0.2) is 0 Å². The second-order valence-electron chi connectivity index (χ2n) is 4.06. The van der Waals surface area contributed by atoms with E-state index in [0.717, 1.165) is 22.4 Å². The number of carbonyl (C=O) groups is 1. The molecule has 2 aromatic rings. The third kappa shape index (κ3) is 2.33. The van der Waals surface area contributed by atoms with E-state index in [2.05, 4.69) is 11.1 Å². The second kappa shape index (κ2) is 4.37. The van der Waals surface area contributed by atoms with Gasteiger partial charge in [0.25, 0.3) is 0 Å². The summed E-state index contributed by atoms with van der Waals surface area (Å²) in [4.78, 5) is 14.9. The van der Waals surface area contributed by atoms with Crippen LogP contribution in [0.2, 0.25) is 0 Å². The van der Waals surface area contributed by atoms with E-state index in [1.54, 1.807) is 12.1 Å². The van der Waals surface area contributed by atoms with Gasteiger partial charge in [-0.15, -0.1) is 0 Å². The molecule has 0 atom stereocenters. The molecular formula is C14H13NO2. The molecule has 0 spiro atoms. The first-order chi connectivity index (χ1) is 8.08. The molecule has 17 heavy (non-hydrogen) atoms. The van der Waals surface area contributed by atoms with E-state index in [-0.39, 0.29) is 5.56 Å². The number of carboxylic acid groups (broad SMARTS) is 1. The lowest BCUT2D eigenvalue weighted by Gasteiger charge is -2.06. The first-order valence-corrected chi connectivity index (χ1v) is 5.35. The fourth-order valence-corrected chi connectivity index (χ4v) is 1.69. The lowest BCUT2D eigenvalue weighted by atomic mass is 10.0. The SMILES string of the molecule is Cc1ccc(C)c(-c2ccc(C(=O)O)cn2)c1. The number of hydrogen-bond acceptors (Lipinski definition) is 2. The predicted octanol–water partition coefficient (Wildman–Crippen LogP) is 3.06. The Morgan fingerprint density at radius 3 is 2.53 bits per heavy atom. The van der Waals surface area contributed by atoms with Gasteiger partial charge in [0.2, 0.25) is 0 Å². The monoisotopic (exact) mass is 227 g/mol. The van der Waals surface area contributed by atoms with E-state index in [0.29, 0.717) is 0 Å². The van der Waals surface area contributed by atoms with Crippen LogP contribution >= 0.6 is 0 Å². The minimum Gasteiger partial charge on any atom is -0.478 e. The van der Waals surface area contributed by atoms with Crippen molar-refractivity contribution < 1.29 is 9.90 Å². The topological polar surface area (TPSA) is 50.2 Å². The van der Waals surface area contributed by atoms with Crippen LogP contribution in [0.15, 0.2) is 36.5 Å². The molecule has 2 rings (SSSR count). The van der Waals surface area contributed by atoms with Gasteiger partial charge in [-0.05, 0) is 37.6 Å². The normalized spacial score (nSPS) is 10.2. The molecule has 86 valence electrons. The minimum absolute atomic E-state index is 0.207. The van der Waals surface area contributed by atoms with Crippen molar-refractivity contribution in [2.24, 2.45) is 0 Å². The zero-order chi connectivity index (χ0) is 12.4. The van der Waals surface area contributed by atoms with E-state index >= 15 is 0 Å². The third-order valence-corrected chi connectivity index (χ3v) is 2.68. The van der Waals surface area contributed by atoms with Gasteiger partial charge in [-0.1, -0.05) is 17.7 Å². The van der Waals surface area contributed by atoms with Crippen LogP contribution in [-0.2, 0) is 0 Å². The lowest BCUT2D eigenvalue weighted by molar-refractivity contribution is 0.0696. The number of hydrogen-bond donors (Lipinski definition) is 1. The molecule has 1 N–H and O–H groups in total. The van der Waals surface area contributed by atoms with Crippen molar-refractivity contribution in [3.63, 3.8) is 0 Å². The molecule has 0 saturated carbocycles. The van der Waals surface area contributed by atoms with Crippen LogP contribution in [0, 0.1) is 13.8 Å². The van der Waals surface area contributed by atoms with Gasteiger partial charge in [-0.25, -0.2) is 4.79 Å². The average Bonchev–Trinajstić information content (AvgIpc) is 2.32. The fourth-order valence-electron chi connectivity index (χ4n) is 1.69. The summed E-state index contributed by atoms with van der Waals surface area (Å²) in [5, 5.41) is 8.80. The number of aromatic carboxylic acids is 1. The van der Waals surface area contributed by atoms with Crippen LogP contribution < -0.4 is 0 Å². The largest absolute Gasteiger partial charge is 0.478 e. The summed E-state index contributed by atoms with van der Waals surface area (Å²) in [5.74, 6) is -0.954. The van der Waals surface area contributed by atoms with E-state index in [4.69, 9.17) is 5.11 Å². The van der Waals surface area contributed by atoms with Crippen LogP contribution in [0.4, 0.5) is 0 Å². The molecule has 0 amide bonds. The number of pyridine rings is 1. The van der Waals surface area contributed by atoms with Crippen molar-refractivity contribution in [3.8, 4) is 11.3 Å². The summed E-state index contributed by atoms with van der Waals surface area (Å²) in [7, 11) is 0. The Hall–Kier alpha value is -2.16. The molecule has 0 aliphatic rings. The lowest BCUT2D eigenvalue weighted by Crippen LogP contribution is -1.97. The minimum atomic E-state index is -0.954. The van der Waals surface area contributed by atoms with Gasteiger partial charge < -0.3 is 5.11 Å². The zero-order valence-electron chi connectivity index (χ0n) is 9.77. The highest BCUT2D eigenvalue weighted by Gasteiger charge is 2.06. The summed E-state index contributed by atoms with van der Waals surface area (Å²) in [6, 6.07) is 9.46. The molecule has 1 aromatic heterocycles. The Morgan fingerprint density at radius 2 is 1.94 bits per heavy atom. The van der Waals surface area contributed by atoms with Crippen molar-refractivity contribution in [2.45, 2.75) is 13.8 Å². The van der Waals surface area contributed by atoms with Crippen LogP contribution in [-0.4, -0.2) is 16.1 Å². The van der Waals surface area contributed by atoms with Crippen LogP contribution in [0.25, 0.3) is 11.3 Å². The number of benzene rings is 1. The number of aryl methyl sites for hydroxylation is 2. The highest BCUT2D eigenvalue weighted by Crippen LogP contribution is 2.22. The Bertz CT molecular complexity index is 559. The summed E-state index contributed by atoms with van der Waals surface area (Å²) in [6.07, 6.45) is 1.39. The second-order valence-corrected chi connectivity index (χ2v) is 4.06. The number of nitrogens with zero attached hydrogens (tertiary/aromatic N) is 1. The highest BCUT2D eigenvalue weighted by atomic mass is 16.4. The number of carboxylic acids is 1. The smallest absolute Gasteiger partial charge is 0.337 e. The molecule has 1 heterocycles. The molecule has 0 radical (unpaired) electrons. The van der Waals surface area contributed by atoms with Crippen molar-refractivity contribution in [1.82, 2.24) is 4.98 Å². The van der Waals surface area contributed by atoms with Gasteiger partial charge in [0, 0.05) is 11.8 Å². The summed E-state index contributed by atoms with van der Waals surface area (Å²) in [5.41, 5.74) is 4.35. The molecule has 1 aromatic carbocycles. The number of aromatic nitrogens is 1. The Morgan fingerprint density at radius 1 is 1.18 bits per heavy atom. The van der Waals surface area contributed by atoms with E-state index in [1.807, 2.05) is 26.0 Å². The molecular weight excluding hydrogens is 214 g/mol. The van der Waals surface area contributed by atoms with Gasteiger partial charge in [-0.2, -0.15) is 0 Å². The summed E-state index contributed by atoms with van der Waals surface area (Å²) < 4.78 is 0. The Balaban J connectivity index is 2.46. The van der Waals surface area contributed by atoms with Crippen molar-refractivity contribution >= 4 is 5.97 Å². The maximum Gasteiger partial charge on any atom is 0.337 e. The zero-order valence-corrected chi connectivity index (χ0v) is 9.77. The molecule has 0 unspecified atom stereocenters. The Labute approximate surface area is 99.8 Å². The third-order valence-electron chi connectivity index (χ3n) is 2.68. The molecule has 3 heteroatoms. The summed E-state index contributed by atoms with van der Waals surface area (Å²) >= 11 is 0.